The number of carboxylic acids is 1. The molecule has 0 rings (SSSR count). The third kappa shape index (κ3) is 19.9. The minimum atomic E-state index is -1.33. The monoisotopic (exact) mass is 372 g/mol. The number of aliphatic hydroxyl groups is 1. The van der Waals surface area contributed by atoms with Crippen LogP contribution in [0.3, 0.4) is 0 Å². The van der Waals surface area contributed by atoms with E-state index >= 15 is 0 Å². The van der Waals surface area contributed by atoms with Gasteiger partial charge in [0.15, 0.2) is 0 Å². The molecule has 150 valence electrons. The Labute approximate surface area is 165 Å². The molecule has 0 amide bonds. The maximum absolute atomic E-state index is 10.3. The van der Waals surface area contributed by atoms with Gasteiger partial charge in [0.05, 0.1) is 0 Å². The number of hydrogen-bond acceptors (Lipinski definition) is 2. The van der Waals surface area contributed by atoms with Gasteiger partial charge in [-0.2, -0.15) is 0 Å². The fraction of sp³-hybridized carbons (Fsp3) is 0.458. The number of carboxylic acid groups (broad SMARTS) is 1. The molecule has 3 nitrogen and oxygen atoms in total. The van der Waals surface area contributed by atoms with Gasteiger partial charge >= 0.3 is 5.97 Å². The molecule has 0 bridgehead atoms. The lowest BCUT2D eigenvalue weighted by molar-refractivity contribution is -0.135. The lowest BCUT2D eigenvalue weighted by Gasteiger charge is -2.00. The molecule has 0 aliphatic rings. The zero-order valence-corrected chi connectivity index (χ0v) is 16.7. The van der Waals surface area contributed by atoms with Crippen LogP contribution >= 0.6 is 0 Å². The molecule has 0 radical (unpaired) electrons. The van der Waals surface area contributed by atoms with Gasteiger partial charge < -0.3 is 10.2 Å². The third-order valence-electron chi connectivity index (χ3n) is 3.97. The highest BCUT2D eigenvalue weighted by Crippen LogP contribution is 2.10. The van der Waals surface area contributed by atoms with E-state index in [-0.39, 0.29) is 0 Å². The molecule has 0 spiro atoms. The summed E-state index contributed by atoms with van der Waals surface area (Å²) in [6.45, 7) is 2.26. The Morgan fingerprint density at radius 1 is 0.630 bits per heavy atom. The molecule has 0 aromatic carbocycles. The first kappa shape index (κ1) is 24.7. The van der Waals surface area contributed by atoms with Gasteiger partial charge in [-0.25, -0.2) is 4.79 Å². The van der Waals surface area contributed by atoms with E-state index in [4.69, 9.17) is 10.2 Å². The number of carbonyl (C=O) groups is 1. The van der Waals surface area contributed by atoms with E-state index in [1.54, 1.807) is 12.2 Å². The van der Waals surface area contributed by atoms with Crippen LogP contribution in [-0.4, -0.2) is 16.2 Å². The number of aliphatic hydroxyl groups excluding tert-OH is 1. The van der Waals surface area contributed by atoms with Crippen LogP contribution in [0.2, 0.25) is 0 Å². The van der Waals surface area contributed by atoms with E-state index in [0.717, 1.165) is 12.5 Å². The van der Waals surface area contributed by atoms with Gasteiger partial charge in [0, 0.05) is 0 Å². The molecule has 3 heteroatoms. The van der Waals surface area contributed by atoms with E-state index < -0.39 is 11.7 Å². The minimum Gasteiger partial charge on any atom is -0.502 e. The van der Waals surface area contributed by atoms with Gasteiger partial charge in [-0.1, -0.05) is 119 Å². The van der Waals surface area contributed by atoms with Crippen molar-refractivity contribution in [2.75, 3.05) is 0 Å². The summed E-state index contributed by atoms with van der Waals surface area (Å²) in [6, 6.07) is 0. The summed E-state index contributed by atoms with van der Waals surface area (Å²) in [5, 5.41) is 17.4. The first-order chi connectivity index (χ1) is 13.2. The van der Waals surface area contributed by atoms with Gasteiger partial charge in [-0.05, 0) is 18.9 Å². The maximum atomic E-state index is 10.3. The van der Waals surface area contributed by atoms with Crippen LogP contribution < -0.4 is 0 Å². The van der Waals surface area contributed by atoms with Gasteiger partial charge in [0.1, 0.15) is 0 Å². The zero-order valence-electron chi connectivity index (χ0n) is 16.7. The molecular formula is C24H36O3. The molecule has 0 fully saturated rings. The van der Waals surface area contributed by atoms with Crippen molar-refractivity contribution in [3.63, 3.8) is 0 Å². The Hall–Kier alpha value is -2.29. The normalized spacial score (nSPS) is 13.3. The van der Waals surface area contributed by atoms with Gasteiger partial charge in [0.2, 0.25) is 5.76 Å². The van der Waals surface area contributed by atoms with Crippen LogP contribution in [0.4, 0.5) is 0 Å². The van der Waals surface area contributed by atoms with Crippen LogP contribution in [0, 0.1) is 0 Å². The smallest absolute Gasteiger partial charge is 0.370 e. The minimum absolute atomic E-state index is 0.674. The topological polar surface area (TPSA) is 57.5 Å². The Morgan fingerprint density at radius 3 is 1.59 bits per heavy atom. The van der Waals surface area contributed by atoms with Crippen molar-refractivity contribution in [3.8, 4) is 0 Å². The van der Waals surface area contributed by atoms with E-state index in [0.29, 0.717) is 0 Å². The zero-order chi connectivity index (χ0) is 20.0. The summed E-state index contributed by atoms with van der Waals surface area (Å²) in [5.41, 5.74) is 0. The predicted octanol–water partition coefficient (Wildman–Crippen LogP) is 7.21. The number of hydrogen-bond donors (Lipinski definition) is 2. The molecule has 27 heavy (non-hydrogen) atoms. The molecular weight excluding hydrogens is 336 g/mol. The summed E-state index contributed by atoms with van der Waals surface area (Å²) < 4.78 is 0. The van der Waals surface area contributed by atoms with Crippen LogP contribution in [0.1, 0.15) is 71.1 Å². The first-order valence-corrected chi connectivity index (χ1v) is 10.1. The summed E-state index contributed by atoms with van der Waals surface area (Å²) in [5.74, 6) is -2.01. The van der Waals surface area contributed by atoms with Crippen molar-refractivity contribution in [1.29, 1.82) is 0 Å². The average molecular weight is 373 g/mol. The molecule has 0 aromatic heterocycles. The van der Waals surface area contributed by atoms with Crippen molar-refractivity contribution >= 4 is 5.97 Å². The number of aliphatic carboxylic acids is 1. The Kier molecular flexibility index (Phi) is 18.3. The van der Waals surface area contributed by atoms with Crippen LogP contribution in [-0.2, 0) is 4.79 Å². The number of rotatable bonds is 16. The lowest BCUT2D eigenvalue weighted by Crippen LogP contribution is -1.97. The summed E-state index contributed by atoms with van der Waals surface area (Å²) in [7, 11) is 0. The second-order valence-electron chi connectivity index (χ2n) is 6.44. The van der Waals surface area contributed by atoms with E-state index in [1.165, 1.54) is 63.9 Å². The van der Waals surface area contributed by atoms with Crippen molar-refractivity contribution in [2.45, 2.75) is 71.1 Å². The Bertz CT molecular complexity index is 534. The van der Waals surface area contributed by atoms with E-state index in [1.807, 2.05) is 30.4 Å². The highest BCUT2D eigenvalue weighted by Gasteiger charge is 1.99. The Balaban J connectivity index is 3.60. The van der Waals surface area contributed by atoms with Crippen LogP contribution in [0.15, 0.2) is 72.6 Å². The second-order valence-corrected chi connectivity index (χ2v) is 6.44. The lowest BCUT2D eigenvalue weighted by atomic mass is 10.1. The quantitative estimate of drug-likeness (QED) is 0.130. The Morgan fingerprint density at radius 2 is 1.07 bits per heavy atom. The SMILES string of the molecule is CCCCCCCCCCCC=CC=CC=CC=CC=CC=C(O)C(=O)O. The molecule has 0 aliphatic carbocycles. The molecule has 0 aliphatic heterocycles. The molecule has 0 heterocycles. The molecule has 0 saturated heterocycles. The summed E-state index contributed by atoms with van der Waals surface area (Å²) in [6.07, 6.45) is 33.4. The van der Waals surface area contributed by atoms with Crippen molar-refractivity contribution in [3.05, 3.63) is 72.6 Å². The number of allylic oxidation sites excluding steroid dienone is 11. The largest absolute Gasteiger partial charge is 0.502 e. The molecule has 0 saturated carbocycles. The standard InChI is InChI=1S/C24H36O3/c1-2-3-4-5-6-7-8-9-10-11-12-13-14-15-16-17-18-19-20-21-22-23(25)24(26)27/h12-22,25H,2-11H2,1H3,(H,26,27). The first-order valence-electron chi connectivity index (χ1n) is 10.1. The number of unbranched alkanes of at least 4 members (excludes halogenated alkanes) is 9. The van der Waals surface area contributed by atoms with E-state index in [9.17, 15) is 4.79 Å². The molecule has 2 N–H and O–H groups in total. The van der Waals surface area contributed by atoms with Crippen LogP contribution in [0.25, 0.3) is 0 Å². The molecule has 0 aromatic rings. The third-order valence-corrected chi connectivity index (χ3v) is 3.97. The van der Waals surface area contributed by atoms with Crippen molar-refractivity contribution < 1.29 is 15.0 Å². The highest BCUT2D eigenvalue weighted by atomic mass is 16.4. The van der Waals surface area contributed by atoms with Crippen molar-refractivity contribution in [1.82, 2.24) is 0 Å². The van der Waals surface area contributed by atoms with Crippen molar-refractivity contribution in [2.24, 2.45) is 0 Å². The summed E-state index contributed by atoms with van der Waals surface area (Å²) in [4.78, 5) is 10.3. The fourth-order valence-electron chi connectivity index (χ4n) is 2.41. The fourth-order valence-corrected chi connectivity index (χ4v) is 2.41. The van der Waals surface area contributed by atoms with Gasteiger partial charge in [-0.3, -0.25) is 0 Å². The van der Waals surface area contributed by atoms with Gasteiger partial charge in [-0.15, -0.1) is 0 Å². The average Bonchev–Trinajstić information content (AvgIpc) is 2.66. The van der Waals surface area contributed by atoms with Crippen LogP contribution in [0.5, 0.6) is 0 Å². The maximum Gasteiger partial charge on any atom is 0.370 e. The summed E-state index contributed by atoms with van der Waals surface area (Å²) >= 11 is 0. The second kappa shape index (κ2) is 20.0. The van der Waals surface area contributed by atoms with E-state index in [2.05, 4.69) is 19.1 Å². The molecule has 0 unspecified atom stereocenters. The predicted molar refractivity (Wildman–Crippen MR) is 116 cm³/mol. The van der Waals surface area contributed by atoms with Gasteiger partial charge in [0.25, 0.3) is 0 Å². The highest BCUT2D eigenvalue weighted by molar-refractivity contribution is 5.83. The molecule has 0 atom stereocenters.